The van der Waals surface area contributed by atoms with Crippen LogP contribution >= 0.6 is 14.7 Å². The maximum Gasteiger partial charge on any atom is 0.209 e. The summed E-state index contributed by atoms with van der Waals surface area (Å²) in [7, 11) is -4.73. The van der Waals surface area contributed by atoms with Crippen molar-refractivity contribution in [2.24, 2.45) is 0 Å². The second kappa shape index (κ2) is 3.19. The summed E-state index contributed by atoms with van der Waals surface area (Å²) in [6.07, 6.45) is 0. The van der Waals surface area contributed by atoms with Crippen LogP contribution in [0.5, 0.6) is 0 Å². The molecule has 0 amide bonds. The Balaban J connectivity index is 4.17. The SMILES string of the molecule is COP(C)(=O)CP(C)(=O)O. The Morgan fingerprint density at radius 2 is 1.80 bits per heavy atom. The van der Waals surface area contributed by atoms with Gasteiger partial charge in [-0.05, 0) is 0 Å². The van der Waals surface area contributed by atoms with E-state index in [0.717, 1.165) is 0 Å². The quantitative estimate of drug-likeness (QED) is 0.676. The van der Waals surface area contributed by atoms with Gasteiger partial charge in [-0.2, -0.15) is 0 Å². The third-order valence-corrected chi connectivity index (χ3v) is 5.83. The standard InChI is InChI=1S/C4H12O4P2/c1-8-10(3,7)4-9(2,5)6/h4H2,1-3H3,(H,5,6). The molecule has 0 bridgehead atoms. The van der Waals surface area contributed by atoms with Crippen LogP contribution in [0.25, 0.3) is 0 Å². The molecule has 0 saturated carbocycles. The van der Waals surface area contributed by atoms with Gasteiger partial charge in [-0.1, -0.05) is 0 Å². The molecule has 62 valence electrons. The molecule has 10 heavy (non-hydrogen) atoms. The zero-order valence-corrected chi connectivity index (χ0v) is 8.06. The van der Waals surface area contributed by atoms with E-state index >= 15 is 0 Å². The summed E-state index contributed by atoms with van der Waals surface area (Å²) in [5.41, 5.74) is 0. The maximum atomic E-state index is 11.0. The highest BCUT2D eigenvalue weighted by Gasteiger charge is 2.23. The van der Waals surface area contributed by atoms with E-state index in [4.69, 9.17) is 4.89 Å². The fourth-order valence-corrected chi connectivity index (χ4v) is 4.81. The predicted molar refractivity (Wildman–Crippen MR) is 41.2 cm³/mol. The van der Waals surface area contributed by atoms with Gasteiger partial charge in [-0.3, -0.25) is 9.13 Å². The van der Waals surface area contributed by atoms with Crippen LogP contribution in [0.2, 0.25) is 0 Å². The Hall–Kier alpha value is 0.380. The van der Waals surface area contributed by atoms with Gasteiger partial charge in [0.25, 0.3) is 0 Å². The molecule has 0 heterocycles. The topological polar surface area (TPSA) is 63.6 Å². The third-order valence-electron chi connectivity index (χ3n) is 0.906. The van der Waals surface area contributed by atoms with E-state index in [1.54, 1.807) is 0 Å². The molecule has 0 rings (SSSR count). The minimum atomic E-state index is -3.19. The van der Waals surface area contributed by atoms with Crippen LogP contribution < -0.4 is 0 Å². The normalized spacial score (nSPS) is 23.2. The number of hydrogen-bond acceptors (Lipinski definition) is 3. The lowest BCUT2D eigenvalue weighted by molar-refractivity contribution is 0.400. The zero-order chi connectivity index (χ0) is 8.41. The molecule has 0 saturated heterocycles. The highest BCUT2D eigenvalue weighted by Crippen LogP contribution is 2.55. The van der Waals surface area contributed by atoms with Crippen molar-refractivity contribution >= 4 is 14.7 Å². The van der Waals surface area contributed by atoms with Crippen molar-refractivity contribution in [3.63, 3.8) is 0 Å². The lowest BCUT2D eigenvalue weighted by Gasteiger charge is -2.11. The molecule has 0 aliphatic heterocycles. The van der Waals surface area contributed by atoms with Crippen molar-refractivity contribution in [2.75, 3.05) is 26.3 Å². The van der Waals surface area contributed by atoms with Crippen LogP contribution in [0.15, 0.2) is 0 Å². The number of rotatable bonds is 3. The van der Waals surface area contributed by atoms with E-state index in [1.807, 2.05) is 0 Å². The molecule has 1 N–H and O–H groups in total. The summed E-state index contributed by atoms with van der Waals surface area (Å²) in [5, 5.41) is 0. The molecule has 0 aromatic rings. The second-order valence-electron chi connectivity index (χ2n) is 2.39. The molecule has 0 aromatic heterocycles. The van der Waals surface area contributed by atoms with Gasteiger partial charge in [0, 0.05) is 20.4 Å². The molecule has 0 aliphatic carbocycles. The molecule has 2 atom stereocenters. The summed E-state index contributed by atoms with van der Waals surface area (Å²) in [5.74, 6) is -0.240. The monoisotopic (exact) mass is 186 g/mol. The van der Waals surface area contributed by atoms with Crippen molar-refractivity contribution in [2.45, 2.75) is 0 Å². The highest BCUT2D eigenvalue weighted by molar-refractivity contribution is 7.74. The Morgan fingerprint density at radius 3 is 1.90 bits per heavy atom. The van der Waals surface area contributed by atoms with Gasteiger partial charge >= 0.3 is 0 Å². The van der Waals surface area contributed by atoms with Crippen LogP contribution in [0, 0.1) is 0 Å². The summed E-state index contributed by atoms with van der Waals surface area (Å²) in [6.45, 7) is 2.52. The van der Waals surface area contributed by atoms with E-state index in [2.05, 4.69) is 4.52 Å². The first-order chi connectivity index (χ1) is 4.27. The van der Waals surface area contributed by atoms with E-state index in [9.17, 15) is 9.13 Å². The van der Waals surface area contributed by atoms with Crippen LogP contribution in [-0.2, 0) is 13.7 Å². The lowest BCUT2D eigenvalue weighted by atomic mass is 11.8. The first-order valence-electron chi connectivity index (χ1n) is 2.68. The highest BCUT2D eigenvalue weighted by atomic mass is 31.2. The predicted octanol–water partition coefficient (Wildman–Crippen LogP) is 1.40. The van der Waals surface area contributed by atoms with Gasteiger partial charge in [0.2, 0.25) is 14.7 Å². The molecule has 0 aliphatic rings. The molecular weight excluding hydrogens is 174 g/mol. The first kappa shape index (κ1) is 10.4. The maximum absolute atomic E-state index is 11.0. The average molecular weight is 186 g/mol. The smallest absolute Gasteiger partial charge is 0.209 e. The Kier molecular flexibility index (Phi) is 3.31. The zero-order valence-electron chi connectivity index (χ0n) is 6.27. The van der Waals surface area contributed by atoms with Crippen LogP contribution in [0.4, 0.5) is 0 Å². The molecular formula is C4H12O4P2. The van der Waals surface area contributed by atoms with Crippen molar-refractivity contribution in [3.05, 3.63) is 0 Å². The van der Waals surface area contributed by atoms with E-state index < -0.39 is 14.7 Å². The second-order valence-corrected chi connectivity index (χ2v) is 8.02. The molecule has 0 fully saturated rings. The van der Waals surface area contributed by atoms with Gasteiger partial charge in [0.1, 0.15) is 5.90 Å². The Morgan fingerprint density at radius 1 is 1.40 bits per heavy atom. The molecule has 0 spiro atoms. The van der Waals surface area contributed by atoms with Crippen LogP contribution in [0.1, 0.15) is 0 Å². The van der Waals surface area contributed by atoms with E-state index in [1.165, 1.54) is 20.4 Å². The van der Waals surface area contributed by atoms with E-state index in [0.29, 0.717) is 0 Å². The fourth-order valence-electron chi connectivity index (χ4n) is 0.534. The summed E-state index contributed by atoms with van der Waals surface area (Å²) in [4.78, 5) is 8.79. The Bertz CT molecular complexity index is 193. The Labute approximate surface area is 60.5 Å². The minimum absolute atomic E-state index is 0.240. The average Bonchev–Trinajstić information content (AvgIpc) is 1.60. The third kappa shape index (κ3) is 5.19. The fraction of sp³-hybridized carbons (Fsp3) is 1.00. The molecule has 2 unspecified atom stereocenters. The van der Waals surface area contributed by atoms with Crippen LogP contribution in [0.3, 0.4) is 0 Å². The van der Waals surface area contributed by atoms with Gasteiger partial charge in [0.05, 0.1) is 0 Å². The number of hydrogen-bond donors (Lipinski definition) is 1. The van der Waals surface area contributed by atoms with Crippen molar-refractivity contribution in [1.29, 1.82) is 0 Å². The summed E-state index contributed by atoms with van der Waals surface area (Å²) < 4.78 is 26.3. The summed E-state index contributed by atoms with van der Waals surface area (Å²) >= 11 is 0. The molecule has 6 heteroatoms. The van der Waals surface area contributed by atoms with E-state index in [-0.39, 0.29) is 5.90 Å². The molecule has 0 radical (unpaired) electrons. The van der Waals surface area contributed by atoms with Gasteiger partial charge in [0.15, 0.2) is 0 Å². The largest absolute Gasteiger partial charge is 0.344 e. The van der Waals surface area contributed by atoms with Crippen molar-refractivity contribution in [1.82, 2.24) is 0 Å². The van der Waals surface area contributed by atoms with Gasteiger partial charge in [-0.15, -0.1) is 0 Å². The molecule has 0 aromatic carbocycles. The summed E-state index contributed by atoms with van der Waals surface area (Å²) in [6, 6.07) is 0. The molecule has 4 nitrogen and oxygen atoms in total. The van der Waals surface area contributed by atoms with Crippen LogP contribution in [-0.4, -0.2) is 31.2 Å². The van der Waals surface area contributed by atoms with Gasteiger partial charge < -0.3 is 9.42 Å². The van der Waals surface area contributed by atoms with Gasteiger partial charge in [-0.25, -0.2) is 0 Å². The van der Waals surface area contributed by atoms with Crippen molar-refractivity contribution in [3.8, 4) is 0 Å². The lowest BCUT2D eigenvalue weighted by Crippen LogP contribution is -1.90. The minimum Gasteiger partial charge on any atom is -0.344 e. The first-order valence-corrected chi connectivity index (χ1v) is 7.23. The van der Waals surface area contributed by atoms with Crippen molar-refractivity contribution < 1.29 is 18.5 Å².